The van der Waals surface area contributed by atoms with Crippen LogP contribution in [0.1, 0.15) is 35.6 Å². The van der Waals surface area contributed by atoms with Crippen LogP contribution in [0.5, 0.6) is 0 Å². The Morgan fingerprint density at radius 1 is 1.12 bits per heavy atom. The minimum absolute atomic E-state index is 0.0715. The molecule has 32 heavy (non-hydrogen) atoms. The molecular weight excluding hydrogens is 439 g/mol. The zero-order valence-electron chi connectivity index (χ0n) is 17.2. The highest BCUT2D eigenvalue weighted by Crippen LogP contribution is 2.46. The van der Waals surface area contributed by atoms with Gasteiger partial charge < -0.3 is 4.90 Å². The second-order valence-corrected chi connectivity index (χ2v) is 8.38. The maximum absolute atomic E-state index is 13.4. The van der Waals surface area contributed by atoms with Gasteiger partial charge in [-0.15, -0.1) is 11.8 Å². The van der Waals surface area contributed by atoms with Crippen molar-refractivity contribution in [2.75, 3.05) is 18.2 Å². The smallest absolute Gasteiger partial charge is 0.316 e. The molecule has 0 spiro atoms. The van der Waals surface area contributed by atoms with Crippen molar-refractivity contribution in [3.05, 3.63) is 70.4 Å². The van der Waals surface area contributed by atoms with Gasteiger partial charge in [0.05, 0.1) is 28.9 Å². The Kier molecular flexibility index (Phi) is 5.51. The number of likely N-dealkylation sites (N-methyl/N-ethyl adjacent to an activating group) is 1. The predicted molar refractivity (Wildman–Crippen MR) is 114 cm³/mol. The van der Waals surface area contributed by atoms with Gasteiger partial charge in [-0.2, -0.15) is 18.4 Å². The molecule has 1 aliphatic heterocycles. The van der Waals surface area contributed by atoms with Crippen LogP contribution in [0.15, 0.2) is 58.6 Å². The summed E-state index contributed by atoms with van der Waals surface area (Å²) in [5, 5.41) is 9.21. The van der Waals surface area contributed by atoms with Crippen molar-refractivity contribution in [2.45, 2.75) is 30.0 Å². The van der Waals surface area contributed by atoms with Crippen LogP contribution in [0, 0.1) is 11.3 Å². The van der Waals surface area contributed by atoms with E-state index in [9.17, 15) is 28.0 Å². The van der Waals surface area contributed by atoms with Gasteiger partial charge in [0.1, 0.15) is 0 Å². The molecule has 1 atom stereocenters. The SMILES string of the molecule is CSc1cc(C#N)ccc1[C@@H]1C2=C(CCC2=O)N(c2cccc(C(F)(F)F)c2)C(=O)N1C. The number of carbonyl (C=O) groups is 2. The highest BCUT2D eigenvalue weighted by molar-refractivity contribution is 7.98. The molecule has 0 unspecified atom stereocenters. The number of halogens is 3. The molecular formula is C23H18F3N3O2S. The first-order valence-electron chi connectivity index (χ1n) is 9.75. The number of alkyl halides is 3. The number of hydrogen-bond donors (Lipinski definition) is 0. The summed E-state index contributed by atoms with van der Waals surface area (Å²) in [6.07, 6.45) is -2.26. The predicted octanol–water partition coefficient (Wildman–Crippen LogP) is 5.53. The summed E-state index contributed by atoms with van der Waals surface area (Å²) in [4.78, 5) is 29.7. The number of anilines is 1. The third kappa shape index (κ3) is 3.54. The summed E-state index contributed by atoms with van der Waals surface area (Å²) in [5.74, 6) is -0.141. The van der Waals surface area contributed by atoms with Gasteiger partial charge in [0.15, 0.2) is 5.78 Å². The molecule has 0 saturated carbocycles. The standard InChI is InChI=1S/C23H18F3N3O2S/c1-28-21(16-7-6-13(12-27)10-19(16)32-2)20-17(8-9-18(20)30)29(22(28)31)15-5-3-4-14(11-15)23(24,25)26/h3-7,10-11,21H,8-9H2,1-2H3/t21-/m1/s1. The zero-order chi connectivity index (χ0) is 23.2. The van der Waals surface area contributed by atoms with Crippen molar-refractivity contribution in [3.8, 4) is 6.07 Å². The lowest BCUT2D eigenvalue weighted by atomic mass is 9.92. The first-order chi connectivity index (χ1) is 15.2. The third-order valence-electron chi connectivity index (χ3n) is 5.71. The van der Waals surface area contributed by atoms with E-state index < -0.39 is 23.8 Å². The number of nitrogens with zero attached hydrogens (tertiary/aromatic N) is 3. The molecule has 0 fully saturated rings. The fraction of sp³-hybridized carbons (Fsp3) is 0.261. The van der Waals surface area contributed by atoms with Gasteiger partial charge in [0.25, 0.3) is 0 Å². The number of nitriles is 1. The van der Waals surface area contributed by atoms with E-state index in [1.54, 1.807) is 18.2 Å². The van der Waals surface area contributed by atoms with Gasteiger partial charge >= 0.3 is 12.2 Å². The van der Waals surface area contributed by atoms with Crippen molar-refractivity contribution in [3.63, 3.8) is 0 Å². The molecule has 5 nitrogen and oxygen atoms in total. The van der Waals surface area contributed by atoms with Crippen molar-refractivity contribution >= 4 is 29.3 Å². The molecule has 0 N–H and O–H groups in total. The molecule has 164 valence electrons. The molecule has 2 aromatic rings. The molecule has 1 heterocycles. The molecule has 1 aliphatic carbocycles. The average Bonchev–Trinajstić information content (AvgIpc) is 3.14. The van der Waals surface area contributed by atoms with E-state index >= 15 is 0 Å². The fourth-order valence-electron chi connectivity index (χ4n) is 4.24. The molecule has 2 amide bonds. The van der Waals surface area contributed by atoms with Crippen LogP contribution in [-0.2, 0) is 11.0 Å². The van der Waals surface area contributed by atoms with Gasteiger partial charge in [0.2, 0.25) is 0 Å². The van der Waals surface area contributed by atoms with E-state index in [0.29, 0.717) is 22.4 Å². The first-order valence-corrected chi connectivity index (χ1v) is 11.0. The Balaban J connectivity index is 1.89. The van der Waals surface area contributed by atoms with Crippen LogP contribution < -0.4 is 4.90 Å². The number of urea groups is 1. The van der Waals surface area contributed by atoms with E-state index in [2.05, 4.69) is 6.07 Å². The lowest BCUT2D eigenvalue weighted by Gasteiger charge is -2.41. The largest absolute Gasteiger partial charge is 0.416 e. The fourth-order valence-corrected chi connectivity index (χ4v) is 4.90. The van der Waals surface area contributed by atoms with Crippen LogP contribution >= 0.6 is 11.8 Å². The number of thioether (sulfide) groups is 1. The molecule has 4 rings (SSSR count). The number of Topliss-reactive ketones (excluding diaryl/α,β-unsaturated/α-hetero) is 1. The molecule has 0 aromatic heterocycles. The highest BCUT2D eigenvalue weighted by atomic mass is 32.2. The third-order valence-corrected chi connectivity index (χ3v) is 6.51. The van der Waals surface area contributed by atoms with Gasteiger partial charge in [0, 0.05) is 29.6 Å². The van der Waals surface area contributed by atoms with E-state index in [-0.39, 0.29) is 24.3 Å². The number of amides is 2. The minimum Gasteiger partial charge on any atom is -0.316 e. The molecule has 2 aromatic carbocycles. The summed E-state index contributed by atoms with van der Waals surface area (Å²) >= 11 is 1.40. The van der Waals surface area contributed by atoms with Crippen LogP contribution in [0.25, 0.3) is 0 Å². The van der Waals surface area contributed by atoms with E-state index in [1.165, 1.54) is 40.7 Å². The van der Waals surface area contributed by atoms with Crippen molar-refractivity contribution < 1.29 is 22.8 Å². The highest BCUT2D eigenvalue weighted by Gasteiger charge is 2.45. The van der Waals surface area contributed by atoms with Gasteiger partial charge in [-0.25, -0.2) is 4.79 Å². The monoisotopic (exact) mass is 457 g/mol. The van der Waals surface area contributed by atoms with E-state index in [1.807, 2.05) is 6.26 Å². The molecule has 2 aliphatic rings. The van der Waals surface area contributed by atoms with Gasteiger partial charge in [-0.1, -0.05) is 12.1 Å². The topological polar surface area (TPSA) is 64.4 Å². The summed E-state index contributed by atoms with van der Waals surface area (Å²) in [6.45, 7) is 0. The second-order valence-electron chi connectivity index (χ2n) is 7.53. The number of benzene rings is 2. The maximum Gasteiger partial charge on any atom is 0.416 e. The number of carbonyl (C=O) groups excluding carboxylic acids is 2. The van der Waals surface area contributed by atoms with Gasteiger partial charge in [-0.05, 0) is 48.6 Å². The average molecular weight is 457 g/mol. The Bertz CT molecular complexity index is 1200. The Labute approximate surface area is 187 Å². The van der Waals surface area contributed by atoms with Crippen molar-refractivity contribution in [1.82, 2.24) is 4.90 Å². The summed E-state index contributed by atoms with van der Waals surface area (Å²) in [7, 11) is 1.53. The quantitative estimate of drug-likeness (QED) is 0.569. The lowest BCUT2D eigenvalue weighted by Crippen LogP contribution is -2.48. The Hall–Kier alpha value is -3.25. The van der Waals surface area contributed by atoms with Crippen molar-refractivity contribution in [1.29, 1.82) is 5.26 Å². The summed E-state index contributed by atoms with van der Waals surface area (Å²) in [6, 6.07) is 10.5. The number of hydrogen-bond acceptors (Lipinski definition) is 4. The summed E-state index contributed by atoms with van der Waals surface area (Å²) in [5.41, 5.74) is 1.21. The van der Waals surface area contributed by atoms with Crippen LogP contribution in [0.2, 0.25) is 0 Å². The molecule has 0 saturated heterocycles. The lowest BCUT2D eigenvalue weighted by molar-refractivity contribution is -0.137. The van der Waals surface area contributed by atoms with Crippen LogP contribution in [-0.4, -0.2) is 30.0 Å². The number of ketones is 1. The molecule has 0 radical (unpaired) electrons. The number of rotatable bonds is 3. The van der Waals surface area contributed by atoms with E-state index in [0.717, 1.165) is 17.0 Å². The van der Waals surface area contributed by atoms with Crippen molar-refractivity contribution in [2.24, 2.45) is 0 Å². The minimum atomic E-state index is -4.55. The summed E-state index contributed by atoms with van der Waals surface area (Å²) < 4.78 is 39.8. The number of allylic oxidation sites excluding steroid dienone is 1. The van der Waals surface area contributed by atoms with Crippen LogP contribution in [0.3, 0.4) is 0 Å². The molecule has 9 heteroatoms. The Morgan fingerprint density at radius 2 is 1.88 bits per heavy atom. The normalized spacial score (nSPS) is 18.8. The zero-order valence-corrected chi connectivity index (χ0v) is 18.0. The van der Waals surface area contributed by atoms with Gasteiger partial charge in [-0.3, -0.25) is 9.69 Å². The first kappa shape index (κ1) is 22.0. The second kappa shape index (κ2) is 8.02. The van der Waals surface area contributed by atoms with E-state index in [4.69, 9.17) is 0 Å². The maximum atomic E-state index is 13.4. The Morgan fingerprint density at radius 3 is 2.53 bits per heavy atom. The molecule has 0 bridgehead atoms. The van der Waals surface area contributed by atoms with Crippen LogP contribution in [0.4, 0.5) is 23.7 Å².